The molecule has 2 aliphatic heterocycles. The fraction of sp³-hybridized carbons (Fsp3) is 0.621. The summed E-state index contributed by atoms with van der Waals surface area (Å²) in [7, 11) is 1.78. The van der Waals surface area contributed by atoms with E-state index in [-0.39, 0.29) is 35.6 Å². The maximum atomic E-state index is 14.1. The molecular weight excluding hydrogens is 452 g/mol. The van der Waals surface area contributed by atoms with Crippen LogP contribution < -0.4 is 10.6 Å². The molecule has 3 amide bonds. The third-order valence-electron chi connectivity index (χ3n) is 8.32. The van der Waals surface area contributed by atoms with E-state index in [0.717, 1.165) is 50.5 Å². The molecule has 1 aromatic rings. The third-order valence-corrected chi connectivity index (χ3v) is 8.32. The molecule has 0 bridgehead atoms. The lowest BCUT2D eigenvalue weighted by Crippen LogP contribution is -2.58. The molecule has 0 radical (unpaired) electrons. The minimum Gasteiger partial charge on any atom is -0.343 e. The van der Waals surface area contributed by atoms with Crippen LogP contribution >= 0.6 is 0 Å². The first-order valence-corrected chi connectivity index (χ1v) is 13.8. The van der Waals surface area contributed by atoms with Crippen LogP contribution in [0, 0.1) is 11.8 Å². The molecule has 1 aliphatic carbocycles. The van der Waals surface area contributed by atoms with Gasteiger partial charge in [-0.25, -0.2) is 0 Å². The molecule has 2 unspecified atom stereocenters. The molecular formula is C29H42N4O3. The number of nitrogens with zero attached hydrogens (tertiary/aromatic N) is 2. The highest BCUT2D eigenvalue weighted by molar-refractivity contribution is 5.94. The van der Waals surface area contributed by atoms with Crippen molar-refractivity contribution in [3.8, 4) is 0 Å². The van der Waals surface area contributed by atoms with Crippen molar-refractivity contribution in [3.63, 3.8) is 0 Å². The van der Waals surface area contributed by atoms with Gasteiger partial charge in [0.25, 0.3) is 0 Å². The zero-order valence-corrected chi connectivity index (χ0v) is 21.8. The van der Waals surface area contributed by atoms with E-state index in [1.165, 1.54) is 6.42 Å². The maximum Gasteiger partial charge on any atom is 0.249 e. The van der Waals surface area contributed by atoms with Crippen LogP contribution in [0.4, 0.5) is 0 Å². The maximum absolute atomic E-state index is 14.1. The summed E-state index contributed by atoms with van der Waals surface area (Å²) in [4.78, 5) is 44.5. The first kappa shape index (κ1) is 26.4. The summed E-state index contributed by atoms with van der Waals surface area (Å²) < 4.78 is 0. The Morgan fingerprint density at radius 1 is 1.03 bits per heavy atom. The standard InChI is InChI=1S/C29H42N4O3/c1-3-24(30-2)27(34)31-25(22-13-8-5-9-14-22)28(35)33-20-17-23-15-10-18-32(29(36)26(23)33)19-16-21-11-6-4-7-12-21/h4,6-7,11-12,16,19,22-26,30H,3,5,8-10,13-15,17-18,20H2,1-2H3,(H,31,34)/t23?,24-,25-,26?/m0/s1. The Balaban J connectivity index is 1.54. The van der Waals surface area contributed by atoms with Crippen molar-refractivity contribution in [3.05, 3.63) is 42.1 Å². The quantitative estimate of drug-likeness (QED) is 0.579. The Morgan fingerprint density at radius 3 is 2.47 bits per heavy atom. The van der Waals surface area contributed by atoms with E-state index in [4.69, 9.17) is 0 Å². The van der Waals surface area contributed by atoms with Crippen LogP contribution in [0.2, 0.25) is 0 Å². The number of benzene rings is 1. The van der Waals surface area contributed by atoms with E-state index < -0.39 is 12.1 Å². The number of hydrogen-bond acceptors (Lipinski definition) is 4. The van der Waals surface area contributed by atoms with Crippen LogP contribution in [0.25, 0.3) is 6.08 Å². The number of hydrogen-bond donors (Lipinski definition) is 2. The predicted molar refractivity (Wildman–Crippen MR) is 142 cm³/mol. The molecule has 7 nitrogen and oxygen atoms in total. The molecule has 1 aromatic carbocycles. The van der Waals surface area contributed by atoms with Gasteiger partial charge in [0.2, 0.25) is 17.7 Å². The van der Waals surface area contributed by atoms with E-state index in [2.05, 4.69) is 10.6 Å². The van der Waals surface area contributed by atoms with Crippen molar-refractivity contribution < 1.29 is 14.4 Å². The number of amides is 3. The lowest BCUT2D eigenvalue weighted by molar-refractivity contribution is -0.146. The van der Waals surface area contributed by atoms with Gasteiger partial charge >= 0.3 is 0 Å². The van der Waals surface area contributed by atoms with Crippen LogP contribution in [0.5, 0.6) is 0 Å². The van der Waals surface area contributed by atoms with E-state index >= 15 is 0 Å². The molecule has 3 aliphatic rings. The minimum absolute atomic E-state index is 0.00547. The van der Waals surface area contributed by atoms with Crippen molar-refractivity contribution in [1.82, 2.24) is 20.4 Å². The van der Waals surface area contributed by atoms with E-state index in [1.807, 2.05) is 54.4 Å². The van der Waals surface area contributed by atoms with Gasteiger partial charge in [-0.05, 0) is 69.0 Å². The zero-order valence-electron chi connectivity index (χ0n) is 21.8. The first-order chi connectivity index (χ1) is 17.5. The van der Waals surface area contributed by atoms with Gasteiger partial charge in [-0.1, -0.05) is 56.5 Å². The topological polar surface area (TPSA) is 81.8 Å². The molecule has 2 heterocycles. The molecule has 3 fully saturated rings. The normalized spacial score (nSPS) is 24.9. The third kappa shape index (κ3) is 6.00. The molecule has 4 atom stereocenters. The Morgan fingerprint density at radius 2 is 1.78 bits per heavy atom. The lowest BCUT2D eigenvalue weighted by atomic mass is 9.83. The van der Waals surface area contributed by atoms with Crippen LogP contribution in [0.1, 0.15) is 70.3 Å². The monoisotopic (exact) mass is 494 g/mol. The van der Waals surface area contributed by atoms with Crippen molar-refractivity contribution >= 4 is 23.8 Å². The van der Waals surface area contributed by atoms with Crippen LogP contribution in [0.3, 0.4) is 0 Å². The fourth-order valence-electron chi connectivity index (χ4n) is 6.23. The van der Waals surface area contributed by atoms with Gasteiger partial charge in [-0.2, -0.15) is 0 Å². The number of fused-ring (bicyclic) bond motifs is 1. The highest BCUT2D eigenvalue weighted by Gasteiger charge is 2.47. The van der Waals surface area contributed by atoms with Gasteiger partial charge in [0.05, 0.1) is 6.04 Å². The van der Waals surface area contributed by atoms with Crippen molar-refractivity contribution in [2.75, 3.05) is 20.1 Å². The number of carbonyl (C=O) groups excluding carboxylic acids is 3. The van der Waals surface area contributed by atoms with Crippen LogP contribution in [-0.4, -0.2) is 65.8 Å². The molecule has 196 valence electrons. The second-order valence-electron chi connectivity index (χ2n) is 10.6. The number of carbonyl (C=O) groups is 3. The average Bonchev–Trinajstić information content (AvgIpc) is 3.27. The highest BCUT2D eigenvalue weighted by atomic mass is 16.2. The number of likely N-dealkylation sites (tertiary alicyclic amines) is 2. The molecule has 7 heteroatoms. The summed E-state index contributed by atoms with van der Waals surface area (Å²) in [5, 5.41) is 6.17. The van der Waals surface area contributed by atoms with Crippen molar-refractivity contribution in [2.24, 2.45) is 11.8 Å². The summed E-state index contributed by atoms with van der Waals surface area (Å²) in [5.41, 5.74) is 1.04. The molecule has 1 saturated carbocycles. The Bertz CT molecular complexity index is 924. The predicted octanol–water partition coefficient (Wildman–Crippen LogP) is 3.56. The van der Waals surface area contributed by atoms with Gasteiger partial charge in [-0.15, -0.1) is 0 Å². The lowest BCUT2D eigenvalue weighted by Gasteiger charge is -2.36. The van der Waals surface area contributed by atoms with Gasteiger partial charge < -0.3 is 20.4 Å². The summed E-state index contributed by atoms with van der Waals surface area (Å²) in [6, 6.07) is 8.62. The Labute approximate surface area is 215 Å². The summed E-state index contributed by atoms with van der Waals surface area (Å²) in [5.74, 6) is 0.111. The van der Waals surface area contributed by atoms with E-state index in [0.29, 0.717) is 19.5 Å². The number of likely N-dealkylation sites (N-methyl/N-ethyl adjacent to an activating group) is 1. The molecule has 2 saturated heterocycles. The van der Waals surface area contributed by atoms with Crippen LogP contribution in [-0.2, 0) is 14.4 Å². The molecule has 36 heavy (non-hydrogen) atoms. The summed E-state index contributed by atoms with van der Waals surface area (Å²) >= 11 is 0. The highest BCUT2D eigenvalue weighted by Crippen LogP contribution is 2.35. The number of nitrogens with one attached hydrogen (secondary N) is 2. The SMILES string of the molecule is CC[C@H](NC)C(=O)N[C@H](C(=O)N1CCC2CCCN(C=Cc3ccccc3)C(=O)C21)C1CCCCC1. The fourth-order valence-corrected chi connectivity index (χ4v) is 6.23. The summed E-state index contributed by atoms with van der Waals surface area (Å²) in [6.07, 6.45) is 12.4. The second-order valence-corrected chi connectivity index (χ2v) is 10.6. The molecule has 0 spiro atoms. The Hall–Kier alpha value is -2.67. The smallest absolute Gasteiger partial charge is 0.249 e. The molecule has 2 N–H and O–H groups in total. The summed E-state index contributed by atoms with van der Waals surface area (Å²) in [6.45, 7) is 3.21. The van der Waals surface area contributed by atoms with E-state index in [9.17, 15) is 14.4 Å². The minimum atomic E-state index is -0.566. The Kier molecular flexibility index (Phi) is 9.19. The van der Waals surface area contributed by atoms with Gasteiger partial charge in [0.15, 0.2) is 0 Å². The average molecular weight is 495 g/mol. The zero-order chi connectivity index (χ0) is 25.5. The molecule has 0 aromatic heterocycles. The van der Waals surface area contributed by atoms with Gasteiger partial charge in [0, 0.05) is 19.3 Å². The van der Waals surface area contributed by atoms with Crippen LogP contribution in [0.15, 0.2) is 36.5 Å². The van der Waals surface area contributed by atoms with Gasteiger partial charge in [0.1, 0.15) is 12.1 Å². The van der Waals surface area contributed by atoms with Gasteiger partial charge in [-0.3, -0.25) is 14.4 Å². The number of rotatable bonds is 8. The van der Waals surface area contributed by atoms with Crippen molar-refractivity contribution in [2.45, 2.75) is 82.8 Å². The van der Waals surface area contributed by atoms with Crippen molar-refractivity contribution in [1.29, 1.82) is 0 Å². The second kappa shape index (κ2) is 12.5. The largest absolute Gasteiger partial charge is 0.343 e. The molecule has 4 rings (SSSR count). The van der Waals surface area contributed by atoms with E-state index in [1.54, 1.807) is 11.9 Å². The first-order valence-electron chi connectivity index (χ1n) is 13.8.